The Kier molecular flexibility index (Phi) is 10.6. The molecule has 1 aliphatic rings. The number of carbonyl (C=O) groups excluding carboxylic acids is 3. The van der Waals surface area contributed by atoms with Crippen LogP contribution in [0.3, 0.4) is 0 Å². The van der Waals surface area contributed by atoms with Crippen LogP contribution in [-0.4, -0.2) is 98.7 Å². The van der Waals surface area contributed by atoms with Crippen molar-refractivity contribution >= 4 is 34.2 Å². The molecule has 0 spiro atoms. The quantitative estimate of drug-likeness (QED) is 0.447. The van der Waals surface area contributed by atoms with Crippen molar-refractivity contribution in [3.05, 3.63) is 46.5 Å². The molecule has 3 amide bonds. The second kappa shape index (κ2) is 13.9. The van der Waals surface area contributed by atoms with E-state index in [0.29, 0.717) is 29.5 Å². The van der Waals surface area contributed by atoms with E-state index in [1.165, 1.54) is 16.2 Å². The van der Waals surface area contributed by atoms with Gasteiger partial charge in [-0.2, -0.15) is 0 Å². The molecule has 1 aromatic carbocycles. The third kappa shape index (κ3) is 9.02. The predicted molar refractivity (Wildman–Crippen MR) is 134 cm³/mol. The van der Waals surface area contributed by atoms with Gasteiger partial charge in [-0.15, -0.1) is 11.3 Å². The normalized spacial score (nSPS) is 13.9. The van der Waals surface area contributed by atoms with Crippen LogP contribution in [0.4, 0.5) is 5.13 Å². The van der Waals surface area contributed by atoms with E-state index < -0.39 is 0 Å². The topological polar surface area (TPSA) is 113 Å². The highest BCUT2D eigenvalue weighted by Gasteiger charge is 2.20. The minimum Gasteiger partial charge on any atom is -0.383 e. The standard InChI is InChI=1S/C24H33N5O5S/c1-18-3-5-19(6-4-18)23(32)29(11-12-33-2)16-22(31)27-24-26-20(17-35-24)15-21(30)25-7-8-28-9-13-34-14-10-28/h3-6,17H,7-16H2,1-2H3,(H,25,30)(H,26,27,31). The second-order valence-electron chi connectivity index (χ2n) is 8.26. The van der Waals surface area contributed by atoms with Gasteiger partial charge in [0.2, 0.25) is 11.8 Å². The smallest absolute Gasteiger partial charge is 0.254 e. The van der Waals surface area contributed by atoms with Gasteiger partial charge in [0.15, 0.2) is 5.13 Å². The summed E-state index contributed by atoms with van der Waals surface area (Å²) in [7, 11) is 1.55. The molecule has 1 aliphatic heterocycles. The molecule has 10 nitrogen and oxygen atoms in total. The molecular weight excluding hydrogens is 470 g/mol. The number of rotatable bonds is 12. The number of ether oxygens (including phenoxy) is 2. The number of nitrogens with one attached hydrogen (secondary N) is 2. The van der Waals surface area contributed by atoms with Gasteiger partial charge in [0.25, 0.3) is 5.91 Å². The van der Waals surface area contributed by atoms with E-state index in [0.717, 1.165) is 38.4 Å². The van der Waals surface area contributed by atoms with Crippen molar-refractivity contribution in [2.45, 2.75) is 13.3 Å². The Hall–Kier alpha value is -2.86. The molecule has 11 heteroatoms. The van der Waals surface area contributed by atoms with Gasteiger partial charge in [-0.25, -0.2) is 4.98 Å². The SMILES string of the molecule is COCCN(CC(=O)Nc1nc(CC(=O)NCCN2CCOCC2)cs1)C(=O)c1ccc(C)cc1. The number of nitrogens with zero attached hydrogens (tertiary/aromatic N) is 3. The first-order valence-electron chi connectivity index (χ1n) is 11.6. The summed E-state index contributed by atoms with van der Waals surface area (Å²) >= 11 is 1.24. The van der Waals surface area contributed by atoms with Crippen LogP contribution in [0.25, 0.3) is 0 Å². The fourth-order valence-corrected chi connectivity index (χ4v) is 4.24. The molecule has 1 fully saturated rings. The zero-order chi connectivity index (χ0) is 25.0. The number of methoxy groups -OCH3 is 1. The zero-order valence-electron chi connectivity index (χ0n) is 20.2. The van der Waals surface area contributed by atoms with Crippen LogP contribution >= 0.6 is 11.3 Å². The van der Waals surface area contributed by atoms with Crippen LogP contribution in [0.5, 0.6) is 0 Å². The number of aromatic nitrogens is 1. The molecule has 1 saturated heterocycles. The van der Waals surface area contributed by atoms with E-state index >= 15 is 0 Å². The van der Waals surface area contributed by atoms with E-state index in [9.17, 15) is 14.4 Å². The van der Waals surface area contributed by atoms with E-state index in [-0.39, 0.29) is 37.2 Å². The Morgan fingerprint density at radius 3 is 2.63 bits per heavy atom. The number of aryl methyl sites for hydroxylation is 1. The highest BCUT2D eigenvalue weighted by molar-refractivity contribution is 7.13. The number of amides is 3. The maximum atomic E-state index is 12.9. The van der Waals surface area contributed by atoms with Crippen molar-refractivity contribution in [1.82, 2.24) is 20.1 Å². The number of hydrogen-bond acceptors (Lipinski definition) is 8. The largest absolute Gasteiger partial charge is 0.383 e. The van der Waals surface area contributed by atoms with Gasteiger partial charge in [-0.05, 0) is 19.1 Å². The molecule has 3 rings (SSSR count). The third-order valence-corrected chi connectivity index (χ3v) is 6.29. The summed E-state index contributed by atoms with van der Waals surface area (Å²) in [4.78, 5) is 45.8. The minimum atomic E-state index is -0.363. The first-order chi connectivity index (χ1) is 16.9. The Balaban J connectivity index is 1.46. The van der Waals surface area contributed by atoms with Gasteiger partial charge in [0, 0.05) is 50.8 Å². The Morgan fingerprint density at radius 2 is 1.91 bits per heavy atom. The van der Waals surface area contributed by atoms with Crippen molar-refractivity contribution < 1.29 is 23.9 Å². The molecule has 0 unspecified atom stereocenters. The fourth-order valence-electron chi connectivity index (χ4n) is 3.52. The summed E-state index contributed by atoms with van der Waals surface area (Å²) < 4.78 is 10.4. The maximum absolute atomic E-state index is 12.9. The number of morpholine rings is 1. The number of thiazole rings is 1. The summed E-state index contributed by atoms with van der Waals surface area (Å²) in [6.45, 7) is 6.98. The van der Waals surface area contributed by atoms with Gasteiger partial charge < -0.3 is 25.0 Å². The van der Waals surface area contributed by atoms with Crippen molar-refractivity contribution in [3.8, 4) is 0 Å². The fraction of sp³-hybridized carbons (Fsp3) is 0.500. The molecule has 35 heavy (non-hydrogen) atoms. The molecule has 1 aromatic heterocycles. The van der Waals surface area contributed by atoms with E-state index in [1.54, 1.807) is 24.6 Å². The molecule has 0 atom stereocenters. The number of benzene rings is 1. The van der Waals surface area contributed by atoms with Gasteiger partial charge in [-0.3, -0.25) is 19.3 Å². The van der Waals surface area contributed by atoms with Crippen LogP contribution in [0.15, 0.2) is 29.6 Å². The van der Waals surface area contributed by atoms with Crippen molar-refractivity contribution in [3.63, 3.8) is 0 Å². The Labute approximate surface area is 209 Å². The predicted octanol–water partition coefficient (Wildman–Crippen LogP) is 1.17. The lowest BCUT2D eigenvalue weighted by molar-refractivity contribution is -0.120. The van der Waals surface area contributed by atoms with Gasteiger partial charge >= 0.3 is 0 Å². The van der Waals surface area contributed by atoms with Gasteiger partial charge in [-0.1, -0.05) is 17.7 Å². The van der Waals surface area contributed by atoms with Crippen LogP contribution in [0, 0.1) is 6.92 Å². The highest BCUT2D eigenvalue weighted by atomic mass is 32.1. The molecule has 0 aliphatic carbocycles. The van der Waals surface area contributed by atoms with Crippen molar-refractivity contribution in [2.24, 2.45) is 0 Å². The van der Waals surface area contributed by atoms with Gasteiger partial charge in [0.1, 0.15) is 6.54 Å². The Bertz CT molecular complexity index is 975. The van der Waals surface area contributed by atoms with Crippen LogP contribution in [0.1, 0.15) is 21.6 Å². The monoisotopic (exact) mass is 503 g/mol. The van der Waals surface area contributed by atoms with Crippen LogP contribution in [0.2, 0.25) is 0 Å². The average molecular weight is 504 g/mol. The molecule has 0 radical (unpaired) electrons. The second-order valence-corrected chi connectivity index (χ2v) is 9.12. The first kappa shape index (κ1) is 26.7. The summed E-state index contributed by atoms with van der Waals surface area (Å²) in [5.74, 6) is -0.723. The molecule has 2 N–H and O–H groups in total. The molecule has 190 valence electrons. The lowest BCUT2D eigenvalue weighted by Crippen LogP contribution is -2.41. The lowest BCUT2D eigenvalue weighted by Gasteiger charge is -2.26. The molecule has 0 saturated carbocycles. The molecule has 2 heterocycles. The highest BCUT2D eigenvalue weighted by Crippen LogP contribution is 2.16. The summed E-state index contributed by atoms with van der Waals surface area (Å²) in [6, 6.07) is 7.21. The van der Waals surface area contributed by atoms with Crippen molar-refractivity contribution in [2.75, 3.05) is 71.5 Å². The van der Waals surface area contributed by atoms with E-state index in [2.05, 4.69) is 20.5 Å². The Morgan fingerprint density at radius 1 is 1.17 bits per heavy atom. The van der Waals surface area contributed by atoms with Gasteiger partial charge in [0.05, 0.1) is 31.9 Å². The number of carbonyl (C=O) groups is 3. The number of hydrogen-bond donors (Lipinski definition) is 2. The maximum Gasteiger partial charge on any atom is 0.254 e. The van der Waals surface area contributed by atoms with Crippen LogP contribution in [-0.2, 0) is 25.5 Å². The lowest BCUT2D eigenvalue weighted by atomic mass is 10.1. The summed E-state index contributed by atoms with van der Waals surface area (Å²) in [5.41, 5.74) is 2.14. The van der Waals surface area contributed by atoms with E-state index in [1.807, 2.05) is 19.1 Å². The summed E-state index contributed by atoms with van der Waals surface area (Å²) in [5, 5.41) is 7.77. The van der Waals surface area contributed by atoms with E-state index in [4.69, 9.17) is 9.47 Å². The van der Waals surface area contributed by atoms with Crippen LogP contribution < -0.4 is 10.6 Å². The third-order valence-electron chi connectivity index (χ3n) is 5.48. The minimum absolute atomic E-state index is 0.115. The zero-order valence-corrected chi connectivity index (χ0v) is 21.1. The average Bonchev–Trinajstić information content (AvgIpc) is 3.28. The summed E-state index contributed by atoms with van der Waals surface area (Å²) in [6.07, 6.45) is 0.140. The van der Waals surface area contributed by atoms with Crippen molar-refractivity contribution in [1.29, 1.82) is 0 Å². The number of anilines is 1. The molecule has 0 bridgehead atoms. The first-order valence-corrected chi connectivity index (χ1v) is 12.5. The molecule has 2 aromatic rings. The molecular formula is C24H33N5O5S.